The third-order valence-electron chi connectivity index (χ3n) is 4.04. The Kier molecular flexibility index (Phi) is 4.04. The zero-order valence-corrected chi connectivity index (χ0v) is 12.2. The zero-order valence-electron chi connectivity index (χ0n) is 12.2. The van der Waals surface area contributed by atoms with E-state index in [0.29, 0.717) is 17.5 Å². The van der Waals surface area contributed by atoms with Crippen molar-refractivity contribution in [2.45, 2.75) is 19.3 Å². The van der Waals surface area contributed by atoms with Crippen LogP contribution in [0.3, 0.4) is 0 Å². The molecule has 1 aromatic rings. The van der Waals surface area contributed by atoms with E-state index < -0.39 is 0 Å². The molecule has 0 unspecified atom stereocenters. The van der Waals surface area contributed by atoms with Gasteiger partial charge < -0.3 is 4.74 Å². The second-order valence-electron chi connectivity index (χ2n) is 5.46. The highest BCUT2D eigenvalue weighted by atomic mass is 16.5. The first-order valence-electron chi connectivity index (χ1n) is 7.45. The summed E-state index contributed by atoms with van der Waals surface area (Å²) < 4.78 is 5.22. The number of nitrogens with zero attached hydrogens (tertiary/aromatic N) is 1. The quantitative estimate of drug-likeness (QED) is 0.485. The predicted molar refractivity (Wildman–Crippen MR) is 79.2 cm³/mol. The van der Waals surface area contributed by atoms with Crippen molar-refractivity contribution in [1.82, 2.24) is 4.90 Å². The van der Waals surface area contributed by atoms with E-state index in [1.54, 1.807) is 24.3 Å². The number of benzene rings is 1. The van der Waals surface area contributed by atoms with Gasteiger partial charge in [-0.1, -0.05) is 24.3 Å². The molecule has 1 atom stereocenters. The number of fused-ring (bicyclic) bond motifs is 1. The van der Waals surface area contributed by atoms with Gasteiger partial charge in [-0.15, -0.1) is 0 Å². The van der Waals surface area contributed by atoms with E-state index in [0.717, 1.165) is 17.7 Å². The number of hydrogen-bond donors (Lipinski definition) is 0. The van der Waals surface area contributed by atoms with Crippen LogP contribution in [0, 0.1) is 5.92 Å². The van der Waals surface area contributed by atoms with Crippen LogP contribution in [0.25, 0.3) is 0 Å². The number of hydrogen-bond acceptors (Lipinski definition) is 4. The SMILES string of the molecule is O=C(OCCN1C(=O)c2ccccc2C1=O)[C@H]1CC=CCC1. The van der Waals surface area contributed by atoms with Crippen LogP contribution in [0.2, 0.25) is 0 Å². The van der Waals surface area contributed by atoms with Gasteiger partial charge in [0.1, 0.15) is 6.61 Å². The molecule has 1 aliphatic carbocycles. The molecule has 5 heteroatoms. The first kappa shape index (κ1) is 14.5. The monoisotopic (exact) mass is 299 g/mol. The van der Waals surface area contributed by atoms with Gasteiger partial charge in [-0.25, -0.2) is 0 Å². The predicted octanol–water partition coefficient (Wildman–Crippen LogP) is 2.18. The summed E-state index contributed by atoms with van der Waals surface area (Å²) in [6.45, 7) is 0.144. The van der Waals surface area contributed by atoms with Gasteiger partial charge in [0.05, 0.1) is 23.6 Å². The molecule has 1 aromatic carbocycles. The molecule has 114 valence electrons. The number of ether oxygens (including phenoxy) is 1. The Labute approximate surface area is 128 Å². The van der Waals surface area contributed by atoms with Crippen molar-refractivity contribution in [3.63, 3.8) is 0 Å². The highest BCUT2D eigenvalue weighted by molar-refractivity contribution is 6.21. The number of imide groups is 1. The maximum atomic E-state index is 12.1. The summed E-state index contributed by atoms with van der Waals surface area (Å²) in [5.41, 5.74) is 0.826. The highest BCUT2D eigenvalue weighted by Crippen LogP contribution is 2.22. The topological polar surface area (TPSA) is 63.7 Å². The van der Waals surface area contributed by atoms with Crippen LogP contribution in [0.15, 0.2) is 36.4 Å². The Morgan fingerprint density at radius 1 is 1.14 bits per heavy atom. The van der Waals surface area contributed by atoms with Gasteiger partial charge in [0, 0.05) is 0 Å². The van der Waals surface area contributed by atoms with Gasteiger partial charge in [0.15, 0.2) is 0 Å². The maximum absolute atomic E-state index is 12.1. The molecule has 2 amide bonds. The van der Waals surface area contributed by atoms with Crippen molar-refractivity contribution in [3.8, 4) is 0 Å². The number of amides is 2. The standard InChI is InChI=1S/C17H17NO4/c19-15-13-8-4-5-9-14(13)16(20)18(15)10-11-22-17(21)12-6-2-1-3-7-12/h1-2,4-5,8-9,12H,3,6-7,10-11H2/t12-/m0/s1. The van der Waals surface area contributed by atoms with Crippen LogP contribution < -0.4 is 0 Å². The molecule has 1 aliphatic heterocycles. The molecule has 0 saturated heterocycles. The van der Waals surface area contributed by atoms with Crippen molar-refractivity contribution in [2.24, 2.45) is 5.92 Å². The van der Waals surface area contributed by atoms with E-state index in [9.17, 15) is 14.4 Å². The summed E-state index contributed by atoms with van der Waals surface area (Å²) in [5.74, 6) is -0.998. The number of esters is 1. The fourth-order valence-electron chi connectivity index (χ4n) is 2.81. The molecule has 0 bridgehead atoms. The van der Waals surface area contributed by atoms with E-state index in [1.165, 1.54) is 0 Å². The van der Waals surface area contributed by atoms with Gasteiger partial charge in [0.2, 0.25) is 0 Å². The summed E-state index contributed by atoms with van der Waals surface area (Å²) >= 11 is 0. The first-order chi connectivity index (χ1) is 10.7. The molecule has 0 aromatic heterocycles. The minimum Gasteiger partial charge on any atom is -0.464 e. The molecule has 2 aliphatic rings. The van der Waals surface area contributed by atoms with Gasteiger partial charge in [-0.2, -0.15) is 0 Å². The summed E-state index contributed by atoms with van der Waals surface area (Å²) in [6, 6.07) is 6.72. The molecular weight excluding hydrogens is 282 g/mol. The Hall–Kier alpha value is -2.43. The van der Waals surface area contributed by atoms with Crippen LogP contribution in [0.5, 0.6) is 0 Å². The molecule has 3 rings (SSSR count). The summed E-state index contributed by atoms with van der Waals surface area (Å²) in [7, 11) is 0. The Morgan fingerprint density at radius 3 is 2.41 bits per heavy atom. The van der Waals surface area contributed by atoms with E-state index in [1.807, 2.05) is 6.08 Å². The number of carbonyl (C=O) groups is 3. The van der Waals surface area contributed by atoms with E-state index in [-0.39, 0.29) is 36.9 Å². The second kappa shape index (κ2) is 6.13. The van der Waals surface area contributed by atoms with Gasteiger partial charge in [0.25, 0.3) is 11.8 Å². The Bertz CT molecular complexity index is 615. The lowest BCUT2D eigenvalue weighted by molar-refractivity contribution is -0.149. The number of allylic oxidation sites excluding steroid dienone is 2. The third kappa shape index (κ3) is 2.66. The summed E-state index contributed by atoms with van der Waals surface area (Å²) in [6.07, 6.45) is 6.43. The lowest BCUT2D eigenvalue weighted by Crippen LogP contribution is -2.34. The van der Waals surface area contributed by atoms with Gasteiger partial charge in [-0.3, -0.25) is 19.3 Å². The molecule has 0 N–H and O–H groups in total. The van der Waals surface area contributed by atoms with Crippen LogP contribution >= 0.6 is 0 Å². The lowest BCUT2D eigenvalue weighted by atomic mass is 9.95. The largest absolute Gasteiger partial charge is 0.464 e. The maximum Gasteiger partial charge on any atom is 0.309 e. The molecule has 0 spiro atoms. The van der Waals surface area contributed by atoms with Crippen LogP contribution in [0.4, 0.5) is 0 Å². The molecule has 0 radical (unpaired) electrons. The molecule has 22 heavy (non-hydrogen) atoms. The number of rotatable bonds is 4. The van der Waals surface area contributed by atoms with Gasteiger partial charge in [-0.05, 0) is 31.4 Å². The third-order valence-corrected chi connectivity index (χ3v) is 4.04. The molecular formula is C17H17NO4. The Balaban J connectivity index is 1.55. The highest BCUT2D eigenvalue weighted by Gasteiger charge is 2.35. The second-order valence-corrected chi connectivity index (χ2v) is 5.46. The van der Waals surface area contributed by atoms with Crippen LogP contribution in [0.1, 0.15) is 40.0 Å². The molecule has 5 nitrogen and oxygen atoms in total. The summed E-state index contributed by atoms with van der Waals surface area (Å²) in [5, 5.41) is 0. The molecule has 1 heterocycles. The van der Waals surface area contributed by atoms with E-state index in [4.69, 9.17) is 4.74 Å². The lowest BCUT2D eigenvalue weighted by Gasteiger charge is -2.18. The number of carbonyl (C=O) groups excluding carboxylic acids is 3. The average molecular weight is 299 g/mol. The van der Waals surface area contributed by atoms with Gasteiger partial charge >= 0.3 is 5.97 Å². The fourth-order valence-corrected chi connectivity index (χ4v) is 2.81. The first-order valence-corrected chi connectivity index (χ1v) is 7.45. The van der Waals surface area contributed by atoms with Crippen LogP contribution in [-0.4, -0.2) is 35.8 Å². The molecule has 0 fully saturated rings. The normalized spacial score (nSPS) is 20.2. The van der Waals surface area contributed by atoms with Crippen molar-refractivity contribution < 1.29 is 19.1 Å². The minimum absolute atomic E-state index is 0.0461. The summed E-state index contributed by atoms with van der Waals surface area (Å²) in [4.78, 5) is 37.3. The van der Waals surface area contributed by atoms with Crippen LogP contribution in [-0.2, 0) is 9.53 Å². The Morgan fingerprint density at radius 2 is 1.82 bits per heavy atom. The van der Waals surface area contributed by atoms with Crippen molar-refractivity contribution in [1.29, 1.82) is 0 Å². The van der Waals surface area contributed by atoms with Crippen molar-refractivity contribution in [3.05, 3.63) is 47.5 Å². The average Bonchev–Trinajstić information content (AvgIpc) is 2.81. The van der Waals surface area contributed by atoms with Crippen molar-refractivity contribution >= 4 is 17.8 Å². The molecule has 0 saturated carbocycles. The van der Waals surface area contributed by atoms with E-state index >= 15 is 0 Å². The zero-order chi connectivity index (χ0) is 15.5. The van der Waals surface area contributed by atoms with E-state index in [2.05, 4.69) is 6.08 Å². The van der Waals surface area contributed by atoms with Crippen molar-refractivity contribution in [2.75, 3.05) is 13.2 Å². The smallest absolute Gasteiger partial charge is 0.309 e. The fraction of sp³-hybridized carbons (Fsp3) is 0.353. The minimum atomic E-state index is -0.322.